The fourth-order valence-corrected chi connectivity index (χ4v) is 3.71. The number of carbonyl (C=O) groups excluding carboxylic acids is 1. The molecule has 6 heteroatoms. The molecule has 0 aromatic heterocycles. The normalized spacial score (nSPS) is 11.2. The van der Waals surface area contributed by atoms with Crippen LogP contribution in [0.15, 0.2) is 24.3 Å². The Kier molecular flexibility index (Phi) is 11.0. The molecule has 0 saturated heterocycles. The van der Waals surface area contributed by atoms with Crippen LogP contribution in [0.1, 0.15) is 82.8 Å². The summed E-state index contributed by atoms with van der Waals surface area (Å²) in [5.41, 5.74) is 0.983. The number of benzene rings is 1. The third-order valence-electron chi connectivity index (χ3n) is 5.15. The molecule has 0 unspecified atom stereocenters. The molecule has 0 radical (unpaired) electrons. The van der Waals surface area contributed by atoms with E-state index in [1.807, 2.05) is 12.1 Å². The van der Waals surface area contributed by atoms with Crippen LogP contribution in [0.2, 0.25) is 0 Å². The van der Waals surface area contributed by atoms with Crippen molar-refractivity contribution in [3.05, 3.63) is 35.4 Å². The first-order valence-electron chi connectivity index (χ1n) is 10.6. The van der Waals surface area contributed by atoms with Gasteiger partial charge in [0.1, 0.15) is 0 Å². The van der Waals surface area contributed by atoms with Crippen molar-refractivity contribution in [1.29, 1.82) is 0 Å². The lowest BCUT2D eigenvalue weighted by molar-refractivity contribution is -0.142. The zero-order chi connectivity index (χ0) is 21.7. The zero-order valence-corrected chi connectivity index (χ0v) is 17.7. The Morgan fingerprint density at radius 3 is 1.79 bits per heavy atom. The van der Waals surface area contributed by atoms with Crippen LogP contribution in [0.4, 0.5) is 0 Å². The van der Waals surface area contributed by atoms with E-state index in [9.17, 15) is 24.6 Å². The molecule has 1 amide bonds. The quantitative estimate of drug-likeness (QED) is 0.376. The highest BCUT2D eigenvalue weighted by Gasteiger charge is 2.36. The van der Waals surface area contributed by atoms with E-state index in [4.69, 9.17) is 0 Å². The number of amides is 1. The number of carboxylic acids is 2. The summed E-state index contributed by atoms with van der Waals surface area (Å²) in [6.07, 6.45) is 8.51. The summed E-state index contributed by atoms with van der Waals surface area (Å²) in [4.78, 5) is 34.1. The Morgan fingerprint density at radius 2 is 1.31 bits per heavy atom. The van der Waals surface area contributed by atoms with Crippen LogP contribution >= 0.6 is 0 Å². The van der Waals surface area contributed by atoms with E-state index in [1.54, 1.807) is 0 Å². The van der Waals surface area contributed by atoms with Gasteiger partial charge in [-0.3, -0.25) is 14.4 Å². The highest BCUT2D eigenvalue weighted by Crippen LogP contribution is 2.24. The average Bonchev–Trinajstić information content (AvgIpc) is 2.62. The zero-order valence-electron chi connectivity index (χ0n) is 17.7. The molecule has 0 saturated carbocycles. The largest absolute Gasteiger partial charge is 0.481 e. The first kappa shape index (κ1) is 24.7. The highest BCUT2D eigenvalue weighted by molar-refractivity contribution is 5.78. The molecule has 29 heavy (non-hydrogen) atoms. The number of aliphatic carboxylic acids is 2. The van der Waals surface area contributed by atoms with Crippen molar-refractivity contribution in [1.82, 2.24) is 5.32 Å². The Labute approximate surface area is 173 Å². The molecule has 0 spiro atoms. The third-order valence-corrected chi connectivity index (χ3v) is 5.15. The van der Waals surface area contributed by atoms with E-state index in [0.29, 0.717) is 6.42 Å². The van der Waals surface area contributed by atoms with E-state index >= 15 is 0 Å². The van der Waals surface area contributed by atoms with Gasteiger partial charge in [0.05, 0.1) is 18.4 Å². The molecule has 0 aliphatic carbocycles. The number of aryl methyl sites for hydroxylation is 2. The number of hydrogen-bond acceptors (Lipinski definition) is 3. The van der Waals surface area contributed by atoms with E-state index in [1.165, 1.54) is 51.0 Å². The predicted molar refractivity (Wildman–Crippen MR) is 113 cm³/mol. The molecule has 0 bridgehead atoms. The maximum atomic E-state index is 11.6. The van der Waals surface area contributed by atoms with E-state index in [0.717, 1.165) is 12.0 Å². The fraction of sp³-hybridized carbons (Fsp3) is 0.609. The van der Waals surface area contributed by atoms with Gasteiger partial charge in [0, 0.05) is 6.92 Å². The molecule has 6 nitrogen and oxygen atoms in total. The highest BCUT2D eigenvalue weighted by atomic mass is 16.4. The SMILES string of the molecule is CCCCCCCCc1ccc(CCC(CC(=O)O)(CC(=O)O)NC(C)=O)cc1. The van der Waals surface area contributed by atoms with Gasteiger partial charge in [-0.05, 0) is 36.8 Å². The Morgan fingerprint density at radius 1 is 0.828 bits per heavy atom. The van der Waals surface area contributed by atoms with Gasteiger partial charge in [-0.25, -0.2) is 0 Å². The number of hydrogen-bond donors (Lipinski definition) is 3. The monoisotopic (exact) mass is 405 g/mol. The van der Waals surface area contributed by atoms with Crippen molar-refractivity contribution in [2.45, 2.75) is 90.0 Å². The first-order chi connectivity index (χ1) is 13.8. The summed E-state index contributed by atoms with van der Waals surface area (Å²) in [6.45, 7) is 3.49. The lowest BCUT2D eigenvalue weighted by Crippen LogP contribution is -2.51. The lowest BCUT2D eigenvalue weighted by Gasteiger charge is -2.32. The van der Waals surface area contributed by atoms with Crippen molar-refractivity contribution >= 4 is 17.8 Å². The third kappa shape index (κ3) is 10.7. The van der Waals surface area contributed by atoms with E-state index < -0.39 is 36.2 Å². The molecule has 3 N–H and O–H groups in total. The van der Waals surface area contributed by atoms with E-state index in [-0.39, 0.29) is 6.42 Å². The first-order valence-corrected chi connectivity index (χ1v) is 10.6. The number of carboxylic acid groups (broad SMARTS) is 2. The van der Waals surface area contributed by atoms with Crippen LogP contribution in [0.25, 0.3) is 0 Å². The fourth-order valence-electron chi connectivity index (χ4n) is 3.71. The average molecular weight is 406 g/mol. The second kappa shape index (κ2) is 13.0. The van der Waals surface area contributed by atoms with Gasteiger partial charge < -0.3 is 15.5 Å². The van der Waals surface area contributed by atoms with Crippen LogP contribution in [0.5, 0.6) is 0 Å². The number of rotatable bonds is 15. The summed E-state index contributed by atoms with van der Waals surface area (Å²) in [5, 5.41) is 21.0. The Balaban J connectivity index is 2.65. The molecule has 0 aliphatic heterocycles. The minimum Gasteiger partial charge on any atom is -0.481 e. The summed E-state index contributed by atoms with van der Waals surface area (Å²) in [7, 11) is 0. The Bertz CT molecular complexity index is 613. The molecule has 0 atom stereocenters. The van der Waals surface area contributed by atoms with Crippen LogP contribution < -0.4 is 5.32 Å². The lowest BCUT2D eigenvalue weighted by atomic mass is 9.84. The van der Waals surface area contributed by atoms with Crippen molar-refractivity contribution < 1.29 is 24.6 Å². The maximum Gasteiger partial charge on any atom is 0.305 e. The minimum atomic E-state index is -1.29. The number of carbonyl (C=O) groups is 3. The molecule has 0 fully saturated rings. The Hall–Kier alpha value is -2.37. The predicted octanol–water partition coefficient (Wildman–Crippen LogP) is 4.35. The smallest absolute Gasteiger partial charge is 0.305 e. The molecule has 162 valence electrons. The summed E-state index contributed by atoms with van der Waals surface area (Å²) in [5.74, 6) is -2.69. The van der Waals surface area contributed by atoms with E-state index in [2.05, 4.69) is 24.4 Å². The summed E-state index contributed by atoms with van der Waals surface area (Å²) < 4.78 is 0. The molecular weight excluding hydrogens is 370 g/mol. The van der Waals surface area contributed by atoms with Gasteiger partial charge in [0.2, 0.25) is 5.91 Å². The van der Waals surface area contributed by atoms with Gasteiger partial charge in [-0.15, -0.1) is 0 Å². The topological polar surface area (TPSA) is 104 Å². The van der Waals surface area contributed by atoms with Crippen LogP contribution in [0, 0.1) is 0 Å². The number of nitrogens with one attached hydrogen (secondary N) is 1. The van der Waals surface area contributed by atoms with Crippen LogP contribution in [0.3, 0.4) is 0 Å². The van der Waals surface area contributed by atoms with Gasteiger partial charge in [0.25, 0.3) is 0 Å². The molecular formula is C23H35NO5. The molecule has 0 aliphatic rings. The van der Waals surface area contributed by atoms with Gasteiger partial charge in [-0.1, -0.05) is 63.3 Å². The molecule has 1 rings (SSSR count). The van der Waals surface area contributed by atoms with Gasteiger partial charge in [0.15, 0.2) is 0 Å². The van der Waals surface area contributed by atoms with Crippen LogP contribution in [-0.4, -0.2) is 33.6 Å². The number of unbranched alkanes of at least 4 members (excludes halogenated alkanes) is 5. The summed E-state index contributed by atoms with van der Waals surface area (Å²) in [6, 6.07) is 8.17. The molecule has 1 aromatic carbocycles. The standard InChI is InChI=1S/C23H35NO5/c1-3-4-5-6-7-8-9-19-10-12-20(13-11-19)14-15-23(16-21(26)27,17-22(28)29)24-18(2)25/h10-13H,3-9,14-17H2,1-2H3,(H,24,25)(H,26,27)(H,28,29). The molecule has 1 aromatic rings. The molecule has 0 heterocycles. The van der Waals surface area contributed by atoms with Gasteiger partial charge in [-0.2, -0.15) is 0 Å². The second-order valence-corrected chi connectivity index (χ2v) is 7.94. The van der Waals surface area contributed by atoms with Crippen molar-refractivity contribution in [2.75, 3.05) is 0 Å². The second-order valence-electron chi connectivity index (χ2n) is 7.94. The summed E-state index contributed by atoms with van der Waals surface area (Å²) >= 11 is 0. The minimum absolute atomic E-state index is 0.252. The van der Waals surface area contributed by atoms with Crippen molar-refractivity contribution in [3.8, 4) is 0 Å². The van der Waals surface area contributed by atoms with Crippen molar-refractivity contribution in [2.24, 2.45) is 0 Å². The van der Waals surface area contributed by atoms with Crippen molar-refractivity contribution in [3.63, 3.8) is 0 Å². The van der Waals surface area contributed by atoms with Gasteiger partial charge >= 0.3 is 11.9 Å². The van der Waals surface area contributed by atoms with Crippen LogP contribution in [-0.2, 0) is 27.2 Å². The maximum absolute atomic E-state index is 11.6.